The van der Waals surface area contributed by atoms with Gasteiger partial charge < -0.3 is 0 Å². The summed E-state index contributed by atoms with van der Waals surface area (Å²) in [6.45, 7) is 17.8. The third-order valence-corrected chi connectivity index (χ3v) is 3.08. The van der Waals surface area contributed by atoms with Crippen LogP contribution in [0.1, 0.15) is 68.2 Å². The van der Waals surface area contributed by atoms with Crippen molar-refractivity contribution < 1.29 is 0 Å². The monoisotopic (exact) mass is 222 g/mol. The van der Waals surface area contributed by atoms with Gasteiger partial charge >= 0.3 is 0 Å². The molecule has 0 saturated carbocycles. The van der Waals surface area contributed by atoms with Crippen molar-refractivity contribution >= 4 is 0 Å². The Morgan fingerprint density at radius 2 is 0.938 bits per heavy atom. The summed E-state index contributed by atoms with van der Waals surface area (Å²) in [4.78, 5) is 0. The summed E-state index contributed by atoms with van der Waals surface area (Å²) in [5.41, 5.74) is 3.87. The summed E-state index contributed by atoms with van der Waals surface area (Å²) in [7, 11) is 0. The molecule has 0 N–H and O–H groups in total. The van der Waals surface area contributed by atoms with Gasteiger partial charge in [-0.3, -0.25) is 0 Å². The average molecular weight is 222 g/mol. The molecular weight excluding hydrogens is 192 g/mol. The highest BCUT2D eigenvalue weighted by Crippen LogP contribution is 2.38. The van der Waals surface area contributed by atoms with Gasteiger partial charge in [0.15, 0.2) is 0 Å². The van der Waals surface area contributed by atoms with Crippen LogP contribution >= 0.6 is 0 Å². The number of hydrogen-bond donors (Lipinski definition) is 0. The van der Waals surface area contributed by atoms with Crippen molar-refractivity contribution in [3.05, 3.63) is 23.3 Å². The fraction of sp³-hybridized carbons (Fsp3) is 0.750. The lowest BCUT2D eigenvalue weighted by Crippen LogP contribution is -2.16. The van der Waals surface area contributed by atoms with Crippen LogP contribution in [-0.2, 0) is 0 Å². The summed E-state index contributed by atoms with van der Waals surface area (Å²) in [6, 6.07) is 0. The van der Waals surface area contributed by atoms with Gasteiger partial charge in [0, 0.05) is 0 Å². The van der Waals surface area contributed by atoms with Gasteiger partial charge in [0.05, 0.1) is 0 Å². The molecule has 0 unspecified atom stereocenters. The topological polar surface area (TPSA) is 0 Å². The molecule has 0 heteroatoms. The fourth-order valence-electron chi connectivity index (χ4n) is 1.89. The molecule has 1 aliphatic rings. The lowest BCUT2D eigenvalue weighted by atomic mass is 9.75. The van der Waals surface area contributed by atoms with Crippen molar-refractivity contribution in [1.82, 2.24) is 0 Å². The van der Waals surface area contributed by atoms with E-state index in [2.05, 4.69) is 53.7 Å². The summed E-state index contributed by atoms with van der Waals surface area (Å²) >= 11 is 0. The molecule has 0 nitrogen and oxygen atoms in total. The van der Waals surface area contributed by atoms with Gasteiger partial charge in [0.1, 0.15) is 0 Å². The maximum atomic E-state index is 2.34. The molecule has 0 aromatic rings. The van der Waals surface area contributed by atoms with Gasteiger partial charge in [-0.1, -0.05) is 78.7 Å². The predicted octanol–water partition coefficient (Wildman–Crippen LogP) is 5.75. The third-order valence-electron chi connectivity index (χ3n) is 3.08. The Labute approximate surface area is 103 Å². The van der Waals surface area contributed by atoms with Crippen LogP contribution in [-0.4, -0.2) is 0 Å². The number of allylic oxidation sites excluding steroid dienone is 4. The van der Waals surface area contributed by atoms with E-state index in [4.69, 9.17) is 0 Å². The molecule has 1 rings (SSSR count). The molecule has 0 fully saturated rings. The highest BCUT2D eigenvalue weighted by Gasteiger charge is 2.23. The molecule has 16 heavy (non-hydrogen) atoms. The lowest BCUT2D eigenvalue weighted by Gasteiger charge is -2.30. The molecule has 0 radical (unpaired) electrons. The van der Waals surface area contributed by atoms with E-state index in [9.17, 15) is 0 Å². The number of hydrogen-bond acceptors (Lipinski definition) is 0. The maximum Gasteiger partial charge on any atom is -0.0170 e. The van der Waals surface area contributed by atoms with Gasteiger partial charge in [-0.25, -0.2) is 0 Å². The van der Waals surface area contributed by atoms with Gasteiger partial charge in [-0.05, 0) is 23.7 Å². The van der Waals surface area contributed by atoms with Gasteiger partial charge in [-0.2, -0.15) is 0 Å². The van der Waals surface area contributed by atoms with E-state index in [1.165, 1.54) is 12.8 Å². The molecule has 0 aliphatic heterocycles. The zero-order valence-electron chi connectivity index (χ0n) is 12.6. The Kier molecular flexibility index (Phi) is 5.52. The zero-order chi connectivity index (χ0) is 13.0. The van der Waals surface area contributed by atoms with Gasteiger partial charge in [-0.15, -0.1) is 0 Å². The van der Waals surface area contributed by atoms with E-state index in [-0.39, 0.29) is 0 Å². The zero-order valence-corrected chi connectivity index (χ0v) is 12.6. The quantitative estimate of drug-likeness (QED) is 0.489. The van der Waals surface area contributed by atoms with E-state index in [1.807, 2.05) is 13.8 Å². The smallest absolute Gasteiger partial charge is 0.0170 e. The van der Waals surface area contributed by atoms with Crippen LogP contribution in [0.15, 0.2) is 23.3 Å². The Morgan fingerprint density at radius 1 is 0.688 bits per heavy atom. The van der Waals surface area contributed by atoms with Crippen LogP contribution in [0.25, 0.3) is 0 Å². The van der Waals surface area contributed by atoms with E-state index in [0.717, 1.165) is 0 Å². The van der Waals surface area contributed by atoms with Gasteiger partial charge in [0.2, 0.25) is 0 Å². The predicted molar refractivity (Wildman–Crippen MR) is 75.7 cm³/mol. The van der Waals surface area contributed by atoms with Crippen LogP contribution < -0.4 is 0 Å². The first-order valence-corrected chi connectivity index (χ1v) is 6.62. The Balaban J connectivity index is 0.00000106. The average Bonchev–Trinajstić information content (AvgIpc) is 2.18. The maximum absolute atomic E-state index is 2.34. The first-order chi connectivity index (χ1) is 7.21. The van der Waals surface area contributed by atoms with Crippen molar-refractivity contribution in [2.24, 2.45) is 10.8 Å². The third kappa shape index (κ3) is 4.55. The first-order valence-electron chi connectivity index (χ1n) is 6.62. The van der Waals surface area contributed by atoms with Crippen molar-refractivity contribution in [1.29, 1.82) is 0 Å². The molecule has 0 bridgehead atoms. The fourth-order valence-corrected chi connectivity index (χ4v) is 1.89. The van der Waals surface area contributed by atoms with E-state index < -0.39 is 0 Å². The molecule has 0 aromatic carbocycles. The Morgan fingerprint density at radius 3 is 1.06 bits per heavy atom. The highest BCUT2D eigenvalue weighted by molar-refractivity contribution is 5.29. The van der Waals surface area contributed by atoms with Crippen LogP contribution in [0.3, 0.4) is 0 Å². The minimum absolute atomic E-state index is 0.347. The van der Waals surface area contributed by atoms with Crippen molar-refractivity contribution in [3.8, 4) is 0 Å². The molecule has 0 amide bonds. The normalized spacial score (nSPS) is 17.0. The van der Waals surface area contributed by atoms with Crippen LogP contribution in [0.5, 0.6) is 0 Å². The second-order valence-corrected chi connectivity index (χ2v) is 6.38. The molecule has 94 valence electrons. The Bertz CT molecular complexity index is 233. The van der Waals surface area contributed by atoms with E-state index >= 15 is 0 Å². The number of rotatable bonds is 0. The highest BCUT2D eigenvalue weighted by atomic mass is 14.3. The molecule has 0 aromatic heterocycles. The molecule has 0 atom stereocenters. The summed E-state index contributed by atoms with van der Waals surface area (Å²) in [5.74, 6) is 0. The molecule has 0 saturated heterocycles. The van der Waals surface area contributed by atoms with Crippen LogP contribution in [0, 0.1) is 10.8 Å². The van der Waals surface area contributed by atoms with Crippen molar-refractivity contribution in [2.75, 3.05) is 0 Å². The van der Waals surface area contributed by atoms with E-state index in [1.54, 1.807) is 11.1 Å². The molecule has 1 aliphatic carbocycles. The van der Waals surface area contributed by atoms with Crippen LogP contribution in [0.2, 0.25) is 0 Å². The summed E-state index contributed by atoms with van der Waals surface area (Å²) in [5, 5.41) is 0. The second-order valence-electron chi connectivity index (χ2n) is 6.38. The second kappa shape index (κ2) is 5.70. The minimum atomic E-state index is 0.347. The largest absolute Gasteiger partial charge is 0.0683 e. The van der Waals surface area contributed by atoms with Crippen molar-refractivity contribution in [3.63, 3.8) is 0 Å². The first kappa shape index (κ1) is 15.5. The summed E-state index contributed by atoms with van der Waals surface area (Å²) < 4.78 is 0. The standard InChI is InChI=1S/C14H24.C2H6/c1-13(2,3)11-7-9-12(10-8-11)14(4,5)6;1-2/h7,9H,8,10H2,1-6H3;1-2H3. The molecule has 0 heterocycles. The molecule has 0 spiro atoms. The lowest BCUT2D eigenvalue weighted by molar-refractivity contribution is 0.446. The minimum Gasteiger partial charge on any atom is -0.0683 e. The van der Waals surface area contributed by atoms with Crippen molar-refractivity contribution in [2.45, 2.75) is 68.2 Å². The Hall–Kier alpha value is -0.520. The van der Waals surface area contributed by atoms with E-state index in [0.29, 0.717) is 10.8 Å². The van der Waals surface area contributed by atoms with Crippen LogP contribution in [0.4, 0.5) is 0 Å². The SMILES string of the molecule is CC.CC(C)(C)C1=CC=C(C(C)(C)C)CC1. The van der Waals surface area contributed by atoms with Gasteiger partial charge in [0.25, 0.3) is 0 Å². The summed E-state index contributed by atoms with van der Waals surface area (Å²) in [6.07, 6.45) is 7.16. The molecular formula is C16H30.